The lowest BCUT2D eigenvalue weighted by Crippen LogP contribution is -2.18. The van der Waals surface area contributed by atoms with Crippen LogP contribution in [0, 0.1) is 13.8 Å². The molecule has 1 saturated carbocycles. The summed E-state index contributed by atoms with van der Waals surface area (Å²) in [6.07, 6.45) is 3.89. The maximum Gasteiger partial charge on any atom is 0.340 e. The third-order valence-electron chi connectivity index (χ3n) is 4.50. The lowest BCUT2D eigenvalue weighted by atomic mass is 9.99. The normalized spacial score (nSPS) is 14.8. The van der Waals surface area contributed by atoms with Gasteiger partial charge in [0.2, 0.25) is 0 Å². The predicted octanol–water partition coefficient (Wildman–Crippen LogP) is 4.62. The lowest BCUT2D eigenvalue weighted by molar-refractivity contribution is 0.0315. The molecule has 1 aliphatic carbocycles. The first-order valence-electron chi connectivity index (χ1n) is 8.18. The third-order valence-corrected chi connectivity index (χ3v) is 4.83. The average molecular weight is 346 g/mol. The van der Waals surface area contributed by atoms with Gasteiger partial charge < -0.3 is 9.72 Å². The highest BCUT2D eigenvalue weighted by molar-refractivity contribution is 6.35. The van der Waals surface area contributed by atoms with Crippen molar-refractivity contribution in [1.29, 1.82) is 0 Å². The number of ether oxygens (including phenoxy) is 1. The molecule has 0 saturated heterocycles. The van der Waals surface area contributed by atoms with Gasteiger partial charge in [0.15, 0.2) is 5.78 Å². The molecule has 0 unspecified atom stereocenters. The van der Waals surface area contributed by atoms with Crippen LogP contribution in [0.2, 0.25) is 5.02 Å². The smallest absolute Gasteiger partial charge is 0.340 e. The van der Waals surface area contributed by atoms with Crippen LogP contribution in [0.1, 0.15) is 63.4 Å². The SMILES string of the molecule is Cc1[nH]c(C)c(C(=O)c2ccccc2Cl)c1C(=O)OC1CCCC1. The minimum Gasteiger partial charge on any atom is -0.459 e. The number of H-pyrrole nitrogens is 1. The zero-order valence-electron chi connectivity index (χ0n) is 13.8. The Morgan fingerprint density at radius 1 is 1.08 bits per heavy atom. The van der Waals surface area contributed by atoms with Crippen molar-refractivity contribution in [3.63, 3.8) is 0 Å². The topological polar surface area (TPSA) is 59.2 Å². The fourth-order valence-corrected chi connectivity index (χ4v) is 3.54. The molecule has 0 radical (unpaired) electrons. The van der Waals surface area contributed by atoms with Crippen molar-refractivity contribution in [2.45, 2.75) is 45.6 Å². The Bertz CT molecular complexity index is 788. The van der Waals surface area contributed by atoms with Gasteiger partial charge in [-0.15, -0.1) is 0 Å². The number of esters is 1. The Balaban J connectivity index is 1.97. The van der Waals surface area contributed by atoms with Crippen molar-refractivity contribution in [2.75, 3.05) is 0 Å². The summed E-state index contributed by atoms with van der Waals surface area (Å²) in [5.41, 5.74) is 2.35. The van der Waals surface area contributed by atoms with E-state index in [2.05, 4.69) is 4.98 Å². The van der Waals surface area contributed by atoms with E-state index in [0.717, 1.165) is 25.7 Å². The standard InChI is InChI=1S/C19H20ClNO3/c1-11-16(18(22)14-9-5-6-10-15(14)20)17(12(2)21-11)19(23)24-13-7-3-4-8-13/h5-6,9-10,13,21H,3-4,7-8H2,1-2H3. The van der Waals surface area contributed by atoms with Crippen LogP contribution in [-0.4, -0.2) is 22.8 Å². The Labute approximate surface area is 146 Å². The number of ketones is 1. The number of carbonyl (C=O) groups excluding carboxylic acids is 2. The molecule has 1 N–H and O–H groups in total. The molecule has 5 heteroatoms. The highest BCUT2D eigenvalue weighted by Gasteiger charge is 2.29. The predicted molar refractivity (Wildman–Crippen MR) is 92.8 cm³/mol. The largest absolute Gasteiger partial charge is 0.459 e. The quantitative estimate of drug-likeness (QED) is 0.650. The molecule has 1 aliphatic rings. The van der Waals surface area contributed by atoms with Crippen molar-refractivity contribution in [1.82, 2.24) is 4.98 Å². The number of hydrogen-bond acceptors (Lipinski definition) is 3. The van der Waals surface area contributed by atoms with Gasteiger partial charge in [-0.05, 0) is 51.7 Å². The molecular formula is C19H20ClNO3. The zero-order chi connectivity index (χ0) is 17.3. The van der Waals surface area contributed by atoms with Gasteiger partial charge in [-0.2, -0.15) is 0 Å². The molecule has 126 valence electrons. The second-order valence-corrected chi connectivity index (χ2v) is 6.65. The summed E-state index contributed by atoms with van der Waals surface area (Å²) >= 11 is 6.15. The molecule has 0 bridgehead atoms. The van der Waals surface area contributed by atoms with Crippen molar-refractivity contribution < 1.29 is 14.3 Å². The first-order valence-corrected chi connectivity index (χ1v) is 8.56. The monoisotopic (exact) mass is 345 g/mol. The van der Waals surface area contributed by atoms with Crippen molar-refractivity contribution >= 4 is 23.4 Å². The number of nitrogens with one attached hydrogen (secondary N) is 1. The molecular weight excluding hydrogens is 326 g/mol. The van der Waals surface area contributed by atoms with Crippen LogP contribution in [0.3, 0.4) is 0 Å². The van der Waals surface area contributed by atoms with Crippen molar-refractivity contribution in [3.8, 4) is 0 Å². The van der Waals surface area contributed by atoms with Gasteiger partial charge in [-0.1, -0.05) is 23.7 Å². The van der Waals surface area contributed by atoms with E-state index in [1.807, 2.05) is 0 Å². The van der Waals surface area contributed by atoms with Crippen LogP contribution in [0.4, 0.5) is 0 Å². The summed E-state index contributed by atoms with van der Waals surface area (Å²) in [5.74, 6) is -0.694. The van der Waals surface area contributed by atoms with E-state index < -0.39 is 5.97 Å². The van der Waals surface area contributed by atoms with Crippen molar-refractivity contribution in [3.05, 3.63) is 57.4 Å². The van der Waals surface area contributed by atoms with E-state index in [-0.39, 0.29) is 11.9 Å². The minimum absolute atomic E-state index is 0.0460. The molecule has 0 spiro atoms. The first kappa shape index (κ1) is 16.8. The summed E-state index contributed by atoms with van der Waals surface area (Å²) in [4.78, 5) is 28.7. The van der Waals surface area contributed by atoms with Gasteiger partial charge in [0.05, 0.1) is 16.1 Å². The second kappa shape index (κ2) is 6.81. The van der Waals surface area contributed by atoms with E-state index in [1.54, 1.807) is 38.1 Å². The van der Waals surface area contributed by atoms with E-state index >= 15 is 0 Å². The number of aromatic amines is 1. The Kier molecular flexibility index (Phi) is 4.76. The molecule has 0 aliphatic heterocycles. The molecule has 4 nitrogen and oxygen atoms in total. The number of halogens is 1. The van der Waals surface area contributed by atoms with Crippen LogP contribution in [0.5, 0.6) is 0 Å². The van der Waals surface area contributed by atoms with Gasteiger partial charge in [-0.3, -0.25) is 4.79 Å². The van der Waals surface area contributed by atoms with Gasteiger partial charge >= 0.3 is 5.97 Å². The summed E-state index contributed by atoms with van der Waals surface area (Å²) < 4.78 is 5.60. The van der Waals surface area contributed by atoms with Crippen LogP contribution in [0.25, 0.3) is 0 Å². The Morgan fingerprint density at radius 2 is 1.71 bits per heavy atom. The first-order chi connectivity index (χ1) is 11.5. The van der Waals surface area contributed by atoms with Crippen LogP contribution >= 0.6 is 11.6 Å². The molecule has 1 heterocycles. The Morgan fingerprint density at radius 3 is 2.38 bits per heavy atom. The number of rotatable bonds is 4. The van der Waals surface area contributed by atoms with Crippen LogP contribution in [0.15, 0.2) is 24.3 Å². The maximum atomic E-state index is 13.0. The number of carbonyl (C=O) groups is 2. The molecule has 1 fully saturated rings. The minimum atomic E-state index is -0.431. The zero-order valence-corrected chi connectivity index (χ0v) is 14.6. The number of aromatic nitrogens is 1. The van der Waals surface area contributed by atoms with Gasteiger partial charge in [-0.25, -0.2) is 4.79 Å². The van der Waals surface area contributed by atoms with Gasteiger partial charge in [0, 0.05) is 17.0 Å². The van der Waals surface area contributed by atoms with Gasteiger partial charge in [0.25, 0.3) is 0 Å². The molecule has 24 heavy (non-hydrogen) atoms. The Hall–Kier alpha value is -2.07. The average Bonchev–Trinajstić information content (AvgIpc) is 3.14. The van der Waals surface area contributed by atoms with E-state index in [9.17, 15) is 9.59 Å². The summed E-state index contributed by atoms with van der Waals surface area (Å²) in [5, 5.41) is 0.371. The van der Waals surface area contributed by atoms with Crippen LogP contribution in [-0.2, 0) is 4.74 Å². The molecule has 3 rings (SSSR count). The summed E-state index contributed by atoms with van der Waals surface area (Å²) in [6.45, 7) is 3.56. The molecule has 1 aromatic carbocycles. The molecule has 0 atom stereocenters. The number of benzene rings is 1. The van der Waals surface area contributed by atoms with E-state index in [0.29, 0.717) is 33.1 Å². The maximum absolute atomic E-state index is 13.0. The van der Waals surface area contributed by atoms with Gasteiger partial charge in [0.1, 0.15) is 6.10 Å². The molecule has 2 aromatic rings. The van der Waals surface area contributed by atoms with Crippen molar-refractivity contribution in [2.24, 2.45) is 0 Å². The molecule has 1 aromatic heterocycles. The lowest BCUT2D eigenvalue weighted by Gasteiger charge is -2.12. The van der Waals surface area contributed by atoms with E-state index in [1.165, 1.54) is 0 Å². The highest BCUT2D eigenvalue weighted by atomic mass is 35.5. The molecule has 0 amide bonds. The summed E-state index contributed by atoms with van der Waals surface area (Å²) in [7, 11) is 0. The number of aryl methyl sites for hydroxylation is 2. The third kappa shape index (κ3) is 3.11. The number of hydrogen-bond donors (Lipinski definition) is 1. The van der Waals surface area contributed by atoms with Crippen LogP contribution < -0.4 is 0 Å². The second-order valence-electron chi connectivity index (χ2n) is 6.25. The summed E-state index contributed by atoms with van der Waals surface area (Å²) in [6, 6.07) is 6.85. The highest BCUT2D eigenvalue weighted by Crippen LogP contribution is 2.28. The fourth-order valence-electron chi connectivity index (χ4n) is 3.32. The fraction of sp³-hybridized carbons (Fsp3) is 0.368. The van der Waals surface area contributed by atoms with E-state index in [4.69, 9.17) is 16.3 Å².